The van der Waals surface area contributed by atoms with Crippen LogP contribution in [0, 0.1) is 6.92 Å². The van der Waals surface area contributed by atoms with Gasteiger partial charge in [-0.3, -0.25) is 9.78 Å². The van der Waals surface area contributed by atoms with Gasteiger partial charge in [-0.15, -0.1) is 0 Å². The number of pyridine rings is 1. The van der Waals surface area contributed by atoms with E-state index in [9.17, 15) is 4.79 Å². The Kier molecular flexibility index (Phi) is 6.29. The number of rotatable bonds is 7. The van der Waals surface area contributed by atoms with E-state index in [1.807, 2.05) is 37.3 Å². The van der Waals surface area contributed by atoms with Crippen LogP contribution in [0.2, 0.25) is 0 Å². The van der Waals surface area contributed by atoms with Crippen molar-refractivity contribution in [1.82, 2.24) is 9.88 Å². The first kappa shape index (κ1) is 17.2. The fraction of sp³-hybridized carbons (Fsp3) is 0.368. The minimum Gasteiger partial charge on any atom is -0.331 e. The SMILES string of the molecule is CCCC(N)C(=O)N(Cc1cccc(C)c1)Cc1ccccn1. The van der Waals surface area contributed by atoms with Crippen molar-refractivity contribution in [3.8, 4) is 0 Å². The summed E-state index contributed by atoms with van der Waals surface area (Å²) >= 11 is 0. The predicted octanol–water partition coefficient (Wildman–Crippen LogP) is 3.05. The number of benzene rings is 1. The Balaban J connectivity index is 2.18. The van der Waals surface area contributed by atoms with Crippen molar-refractivity contribution in [3.05, 3.63) is 65.5 Å². The van der Waals surface area contributed by atoms with Crippen molar-refractivity contribution in [2.24, 2.45) is 5.73 Å². The van der Waals surface area contributed by atoms with Crippen molar-refractivity contribution in [2.75, 3.05) is 0 Å². The molecule has 0 aliphatic carbocycles. The van der Waals surface area contributed by atoms with Crippen LogP contribution in [0.1, 0.15) is 36.6 Å². The topological polar surface area (TPSA) is 59.2 Å². The summed E-state index contributed by atoms with van der Waals surface area (Å²) in [6, 6.07) is 13.5. The molecule has 122 valence electrons. The van der Waals surface area contributed by atoms with Crippen LogP contribution < -0.4 is 5.73 Å². The van der Waals surface area contributed by atoms with Crippen LogP contribution in [-0.2, 0) is 17.9 Å². The molecule has 0 radical (unpaired) electrons. The highest BCUT2D eigenvalue weighted by Crippen LogP contribution is 2.13. The second kappa shape index (κ2) is 8.44. The molecule has 0 aliphatic rings. The Hall–Kier alpha value is -2.20. The fourth-order valence-corrected chi connectivity index (χ4v) is 2.60. The average molecular weight is 311 g/mol. The van der Waals surface area contributed by atoms with Crippen LogP contribution in [0.25, 0.3) is 0 Å². The highest BCUT2D eigenvalue weighted by molar-refractivity contribution is 5.81. The van der Waals surface area contributed by atoms with E-state index < -0.39 is 6.04 Å². The van der Waals surface area contributed by atoms with Gasteiger partial charge in [0.15, 0.2) is 0 Å². The predicted molar refractivity (Wildman–Crippen MR) is 92.6 cm³/mol. The summed E-state index contributed by atoms with van der Waals surface area (Å²) in [4.78, 5) is 18.8. The molecule has 2 N–H and O–H groups in total. The van der Waals surface area contributed by atoms with Crippen LogP contribution in [0.5, 0.6) is 0 Å². The average Bonchev–Trinajstić information content (AvgIpc) is 2.55. The number of amides is 1. The maximum atomic E-state index is 12.7. The van der Waals surface area contributed by atoms with Gasteiger partial charge in [0.1, 0.15) is 0 Å². The lowest BCUT2D eigenvalue weighted by molar-refractivity contribution is -0.134. The summed E-state index contributed by atoms with van der Waals surface area (Å²) in [5, 5.41) is 0. The molecule has 4 nitrogen and oxygen atoms in total. The zero-order valence-electron chi connectivity index (χ0n) is 13.9. The van der Waals surface area contributed by atoms with E-state index in [1.165, 1.54) is 5.56 Å². The molecule has 23 heavy (non-hydrogen) atoms. The largest absolute Gasteiger partial charge is 0.331 e. The lowest BCUT2D eigenvalue weighted by atomic mass is 10.1. The van der Waals surface area contributed by atoms with Crippen molar-refractivity contribution in [1.29, 1.82) is 0 Å². The molecule has 0 aliphatic heterocycles. The second-order valence-corrected chi connectivity index (χ2v) is 5.90. The number of hydrogen-bond acceptors (Lipinski definition) is 3. The summed E-state index contributed by atoms with van der Waals surface area (Å²) in [5.41, 5.74) is 9.22. The fourth-order valence-electron chi connectivity index (χ4n) is 2.60. The molecule has 4 heteroatoms. The molecular weight excluding hydrogens is 286 g/mol. The Labute approximate surface area is 138 Å². The molecule has 0 saturated carbocycles. The van der Waals surface area contributed by atoms with E-state index in [1.54, 1.807) is 11.1 Å². The summed E-state index contributed by atoms with van der Waals surface area (Å²) in [6.45, 7) is 5.12. The highest BCUT2D eigenvalue weighted by atomic mass is 16.2. The summed E-state index contributed by atoms with van der Waals surface area (Å²) in [5.74, 6) is -0.0148. The molecule has 1 amide bonds. The third kappa shape index (κ3) is 5.18. The van der Waals surface area contributed by atoms with Crippen LogP contribution in [0.3, 0.4) is 0 Å². The minimum absolute atomic E-state index is 0.0148. The second-order valence-electron chi connectivity index (χ2n) is 5.90. The molecule has 2 rings (SSSR count). The summed E-state index contributed by atoms with van der Waals surface area (Å²) in [7, 11) is 0. The van der Waals surface area contributed by atoms with Crippen molar-refractivity contribution < 1.29 is 4.79 Å². The van der Waals surface area contributed by atoms with Crippen LogP contribution in [-0.4, -0.2) is 21.8 Å². The van der Waals surface area contributed by atoms with Crippen molar-refractivity contribution in [2.45, 2.75) is 45.8 Å². The standard InChI is InChI=1S/C19H25N3O/c1-3-7-18(20)19(23)22(14-17-10-4-5-11-21-17)13-16-9-6-8-15(2)12-16/h4-6,8-12,18H,3,7,13-14,20H2,1-2H3. The first-order chi connectivity index (χ1) is 11.1. The molecule has 0 spiro atoms. The highest BCUT2D eigenvalue weighted by Gasteiger charge is 2.21. The number of carbonyl (C=O) groups is 1. The minimum atomic E-state index is -0.450. The van der Waals surface area contributed by atoms with E-state index in [4.69, 9.17) is 5.73 Å². The Morgan fingerprint density at radius 3 is 2.70 bits per heavy atom. The lowest BCUT2D eigenvalue weighted by Crippen LogP contribution is -2.43. The monoisotopic (exact) mass is 311 g/mol. The van der Waals surface area contributed by atoms with Gasteiger partial charge in [0.2, 0.25) is 5.91 Å². The molecule has 0 saturated heterocycles. The first-order valence-corrected chi connectivity index (χ1v) is 8.10. The van der Waals surface area contributed by atoms with Gasteiger partial charge in [0.05, 0.1) is 18.3 Å². The van der Waals surface area contributed by atoms with E-state index in [2.05, 4.69) is 24.0 Å². The van der Waals surface area contributed by atoms with E-state index >= 15 is 0 Å². The molecule has 2 aromatic rings. The Morgan fingerprint density at radius 1 is 1.22 bits per heavy atom. The Bertz CT molecular complexity index is 628. The van der Waals surface area contributed by atoms with Gasteiger partial charge in [-0.1, -0.05) is 49.2 Å². The van der Waals surface area contributed by atoms with E-state index in [0.29, 0.717) is 19.5 Å². The summed E-state index contributed by atoms with van der Waals surface area (Å²) < 4.78 is 0. The first-order valence-electron chi connectivity index (χ1n) is 8.10. The van der Waals surface area contributed by atoms with Gasteiger partial charge in [-0.05, 0) is 31.0 Å². The quantitative estimate of drug-likeness (QED) is 0.855. The van der Waals surface area contributed by atoms with E-state index in [0.717, 1.165) is 17.7 Å². The number of aromatic nitrogens is 1. The summed E-state index contributed by atoms with van der Waals surface area (Å²) in [6.07, 6.45) is 3.34. The number of aryl methyl sites for hydroxylation is 1. The van der Waals surface area contributed by atoms with Gasteiger partial charge in [0, 0.05) is 12.7 Å². The van der Waals surface area contributed by atoms with Crippen LogP contribution >= 0.6 is 0 Å². The van der Waals surface area contributed by atoms with Crippen LogP contribution in [0.15, 0.2) is 48.7 Å². The third-order valence-corrected chi connectivity index (χ3v) is 3.76. The normalized spacial score (nSPS) is 12.0. The molecule has 1 aromatic carbocycles. The number of hydrogen-bond donors (Lipinski definition) is 1. The van der Waals surface area contributed by atoms with Crippen LogP contribution in [0.4, 0.5) is 0 Å². The zero-order valence-corrected chi connectivity index (χ0v) is 13.9. The molecule has 0 bridgehead atoms. The smallest absolute Gasteiger partial charge is 0.240 e. The lowest BCUT2D eigenvalue weighted by Gasteiger charge is -2.25. The third-order valence-electron chi connectivity index (χ3n) is 3.76. The molecular formula is C19H25N3O. The maximum absolute atomic E-state index is 12.7. The van der Waals surface area contributed by atoms with Crippen molar-refractivity contribution in [3.63, 3.8) is 0 Å². The Morgan fingerprint density at radius 2 is 2.04 bits per heavy atom. The number of nitrogens with two attached hydrogens (primary N) is 1. The zero-order chi connectivity index (χ0) is 16.7. The van der Waals surface area contributed by atoms with Crippen molar-refractivity contribution >= 4 is 5.91 Å². The molecule has 1 unspecified atom stereocenters. The van der Waals surface area contributed by atoms with Gasteiger partial charge < -0.3 is 10.6 Å². The molecule has 1 heterocycles. The van der Waals surface area contributed by atoms with E-state index in [-0.39, 0.29) is 5.91 Å². The van der Waals surface area contributed by atoms with Gasteiger partial charge in [-0.2, -0.15) is 0 Å². The molecule has 1 aromatic heterocycles. The maximum Gasteiger partial charge on any atom is 0.240 e. The molecule has 0 fully saturated rings. The number of nitrogens with zero attached hydrogens (tertiary/aromatic N) is 2. The number of carbonyl (C=O) groups excluding carboxylic acids is 1. The van der Waals surface area contributed by atoms with Gasteiger partial charge in [-0.25, -0.2) is 0 Å². The molecule has 1 atom stereocenters. The van der Waals surface area contributed by atoms with Gasteiger partial charge >= 0.3 is 0 Å². The van der Waals surface area contributed by atoms with Gasteiger partial charge in [0.25, 0.3) is 0 Å².